The van der Waals surface area contributed by atoms with Crippen molar-refractivity contribution in [2.24, 2.45) is 0 Å². The van der Waals surface area contributed by atoms with E-state index in [1.807, 2.05) is 0 Å². The van der Waals surface area contributed by atoms with Gasteiger partial charge in [-0.15, -0.1) is 0 Å². The number of nitrogens with two attached hydrogens (primary N) is 1. The molecule has 0 spiro atoms. The summed E-state index contributed by atoms with van der Waals surface area (Å²) in [7, 11) is 0. The summed E-state index contributed by atoms with van der Waals surface area (Å²) in [4.78, 5) is 12.2. The Morgan fingerprint density at radius 1 is 1.14 bits per heavy atom. The summed E-state index contributed by atoms with van der Waals surface area (Å²) >= 11 is 3.30. The van der Waals surface area contributed by atoms with Gasteiger partial charge in [-0.2, -0.15) is 13.2 Å². The topological polar surface area (TPSA) is 43.1 Å². The number of rotatable bonds is 3. The van der Waals surface area contributed by atoms with Gasteiger partial charge in [-0.3, -0.25) is 4.79 Å². The number of anilines is 1. The predicted octanol–water partition coefficient (Wildman–Crippen LogP) is 4.48. The van der Waals surface area contributed by atoms with Gasteiger partial charge in [0.15, 0.2) is 5.78 Å². The van der Waals surface area contributed by atoms with Gasteiger partial charge in [-0.1, -0.05) is 34.1 Å². The number of carbonyl (C=O) groups is 1. The van der Waals surface area contributed by atoms with Crippen molar-refractivity contribution in [3.8, 4) is 0 Å². The van der Waals surface area contributed by atoms with E-state index in [9.17, 15) is 18.0 Å². The van der Waals surface area contributed by atoms with E-state index in [2.05, 4.69) is 15.9 Å². The molecule has 2 N–H and O–H groups in total. The van der Waals surface area contributed by atoms with E-state index in [1.54, 1.807) is 24.3 Å². The third kappa shape index (κ3) is 3.64. The normalized spacial score (nSPS) is 11.4. The summed E-state index contributed by atoms with van der Waals surface area (Å²) < 4.78 is 38.8. The van der Waals surface area contributed by atoms with E-state index in [0.29, 0.717) is 5.56 Å². The number of hydrogen-bond acceptors (Lipinski definition) is 2. The molecule has 0 saturated carbocycles. The monoisotopic (exact) mass is 357 g/mol. The first-order chi connectivity index (χ1) is 9.79. The summed E-state index contributed by atoms with van der Waals surface area (Å²) in [6.07, 6.45) is -4.52. The molecule has 0 atom stereocenters. The minimum Gasteiger partial charge on any atom is -0.398 e. The molecule has 2 rings (SSSR count). The Morgan fingerprint density at radius 3 is 2.43 bits per heavy atom. The van der Waals surface area contributed by atoms with Crippen LogP contribution >= 0.6 is 15.9 Å². The fourth-order valence-corrected chi connectivity index (χ4v) is 2.31. The molecule has 0 fully saturated rings. The van der Waals surface area contributed by atoms with E-state index in [4.69, 9.17) is 5.73 Å². The van der Waals surface area contributed by atoms with Crippen molar-refractivity contribution >= 4 is 27.4 Å². The molecule has 0 radical (unpaired) electrons. The standard InChI is InChI=1S/C15H11BrF3NO/c16-12-4-2-1-3-9(12)7-14(21)11-8-10(15(17,18)19)5-6-13(11)20/h1-6,8H,7,20H2. The highest BCUT2D eigenvalue weighted by atomic mass is 79.9. The molecule has 2 nitrogen and oxygen atoms in total. The largest absolute Gasteiger partial charge is 0.416 e. The summed E-state index contributed by atoms with van der Waals surface area (Å²) in [5, 5.41) is 0. The van der Waals surface area contributed by atoms with Crippen molar-refractivity contribution in [2.45, 2.75) is 12.6 Å². The van der Waals surface area contributed by atoms with Crippen LogP contribution in [0.25, 0.3) is 0 Å². The SMILES string of the molecule is Nc1ccc(C(F)(F)F)cc1C(=O)Cc1ccccc1Br. The van der Waals surface area contributed by atoms with Gasteiger partial charge in [0.1, 0.15) is 0 Å². The molecule has 6 heteroatoms. The van der Waals surface area contributed by atoms with Crippen molar-refractivity contribution in [3.05, 3.63) is 63.6 Å². The van der Waals surface area contributed by atoms with E-state index < -0.39 is 17.5 Å². The van der Waals surface area contributed by atoms with Gasteiger partial charge in [0, 0.05) is 22.1 Å². The lowest BCUT2D eigenvalue weighted by atomic mass is 9.99. The maximum atomic E-state index is 12.7. The average molecular weight is 358 g/mol. The molecule has 0 saturated heterocycles. The highest BCUT2D eigenvalue weighted by Crippen LogP contribution is 2.31. The van der Waals surface area contributed by atoms with Gasteiger partial charge in [0.25, 0.3) is 0 Å². The fourth-order valence-electron chi connectivity index (χ4n) is 1.88. The molecule has 0 aliphatic carbocycles. The number of nitrogen functional groups attached to an aromatic ring is 1. The maximum Gasteiger partial charge on any atom is 0.416 e. The quantitative estimate of drug-likeness (QED) is 0.650. The first-order valence-electron chi connectivity index (χ1n) is 6.02. The zero-order valence-electron chi connectivity index (χ0n) is 10.7. The molecule has 0 bridgehead atoms. The van der Waals surface area contributed by atoms with Crippen molar-refractivity contribution in [1.82, 2.24) is 0 Å². The van der Waals surface area contributed by atoms with Gasteiger partial charge in [0.2, 0.25) is 0 Å². The lowest BCUT2D eigenvalue weighted by Gasteiger charge is -2.11. The van der Waals surface area contributed by atoms with Gasteiger partial charge in [0.05, 0.1) is 5.56 Å². The molecule has 0 unspecified atom stereocenters. The van der Waals surface area contributed by atoms with E-state index >= 15 is 0 Å². The molecule has 0 amide bonds. The zero-order valence-corrected chi connectivity index (χ0v) is 12.3. The average Bonchev–Trinajstić information content (AvgIpc) is 2.40. The van der Waals surface area contributed by atoms with Gasteiger partial charge >= 0.3 is 6.18 Å². The molecule has 21 heavy (non-hydrogen) atoms. The number of Topliss-reactive ketones (excluding diaryl/α,β-unsaturated/α-hetero) is 1. The van der Waals surface area contributed by atoms with E-state index in [1.165, 1.54) is 0 Å². The van der Waals surface area contributed by atoms with Crippen LogP contribution in [0.1, 0.15) is 21.5 Å². The smallest absolute Gasteiger partial charge is 0.398 e. The Hall–Kier alpha value is -1.82. The minimum absolute atomic E-state index is 0.0209. The number of carbonyl (C=O) groups excluding carboxylic acids is 1. The molecule has 0 aliphatic heterocycles. The van der Waals surface area contributed by atoms with Crippen LogP contribution in [0.15, 0.2) is 46.9 Å². The zero-order chi connectivity index (χ0) is 15.6. The number of halogens is 4. The van der Waals surface area contributed by atoms with Crippen molar-refractivity contribution in [1.29, 1.82) is 0 Å². The van der Waals surface area contributed by atoms with Crippen molar-refractivity contribution < 1.29 is 18.0 Å². The van der Waals surface area contributed by atoms with Crippen molar-refractivity contribution in [2.75, 3.05) is 5.73 Å². The Balaban J connectivity index is 2.33. The second-order valence-corrected chi connectivity index (χ2v) is 5.35. The molecular weight excluding hydrogens is 347 g/mol. The summed E-state index contributed by atoms with van der Waals surface area (Å²) in [5.74, 6) is -0.453. The molecule has 0 heterocycles. The van der Waals surface area contributed by atoms with Crippen LogP contribution in [0.5, 0.6) is 0 Å². The van der Waals surface area contributed by atoms with Crippen LogP contribution in [0.3, 0.4) is 0 Å². The van der Waals surface area contributed by atoms with Crippen molar-refractivity contribution in [3.63, 3.8) is 0 Å². The van der Waals surface area contributed by atoms with Gasteiger partial charge in [-0.25, -0.2) is 0 Å². The van der Waals surface area contributed by atoms with Crippen LogP contribution in [0.4, 0.5) is 18.9 Å². The molecule has 0 aliphatic rings. The van der Waals surface area contributed by atoms with Gasteiger partial charge < -0.3 is 5.73 Å². The van der Waals surface area contributed by atoms with Gasteiger partial charge in [-0.05, 0) is 29.8 Å². The van der Waals surface area contributed by atoms with Crippen LogP contribution in [-0.4, -0.2) is 5.78 Å². The van der Waals surface area contributed by atoms with E-state index in [0.717, 1.165) is 22.7 Å². The first-order valence-corrected chi connectivity index (χ1v) is 6.81. The molecule has 2 aromatic carbocycles. The fraction of sp³-hybridized carbons (Fsp3) is 0.133. The van der Waals surface area contributed by atoms with Crippen LogP contribution in [0, 0.1) is 0 Å². The minimum atomic E-state index is -4.50. The maximum absolute atomic E-state index is 12.7. The number of benzene rings is 2. The number of hydrogen-bond donors (Lipinski definition) is 1. The van der Waals surface area contributed by atoms with E-state index in [-0.39, 0.29) is 17.7 Å². The summed E-state index contributed by atoms with van der Waals surface area (Å²) in [6.45, 7) is 0. The molecule has 2 aromatic rings. The lowest BCUT2D eigenvalue weighted by Crippen LogP contribution is -2.11. The Labute approximate surface area is 127 Å². The van der Waals surface area contributed by atoms with Crippen LogP contribution in [-0.2, 0) is 12.6 Å². The lowest BCUT2D eigenvalue weighted by molar-refractivity contribution is -0.137. The third-order valence-electron chi connectivity index (χ3n) is 2.99. The molecule has 0 aromatic heterocycles. The third-order valence-corrected chi connectivity index (χ3v) is 3.76. The van der Waals surface area contributed by atoms with Crippen LogP contribution < -0.4 is 5.73 Å². The second-order valence-electron chi connectivity index (χ2n) is 4.49. The Kier molecular flexibility index (Phi) is 4.37. The summed E-state index contributed by atoms with van der Waals surface area (Å²) in [6, 6.07) is 9.80. The van der Waals surface area contributed by atoms with Crippen LogP contribution in [0.2, 0.25) is 0 Å². The predicted molar refractivity (Wildman–Crippen MR) is 78.0 cm³/mol. The molecular formula is C15H11BrF3NO. The molecule has 110 valence electrons. The second kappa shape index (κ2) is 5.89. The highest BCUT2D eigenvalue weighted by Gasteiger charge is 2.31. The number of ketones is 1. The Bertz CT molecular complexity index is 683. The highest BCUT2D eigenvalue weighted by molar-refractivity contribution is 9.10. The Morgan fingerprint density at radius 2 is 1.81 bits per heavy atom. The summed E-state index contributed by atoms with van der Waals surface area (Å²) in [5.41, 5.74) is 5.37. The number of alkyl halides is 3. The first kappa shape index (κ1) is 15.6.